The molecule has 0 saturated heterocycles. The second-order valence-corrected chi connectivity index (χ2v) is 7.55. The molecule has 8 heteroatoms. The minimum absolute atomic E-state index is 0.131. The number of benzene rings is 2. The van der Waals surface area contributed by atoms with Crippen LogP contribution in [0.25, 0.3) is 11.3 Å². The van der Waals surface area contributed by atoms with Gasteiger partial charge >= 0.3 is 0 Å². The van der Waals surface area contributed by atoms with Crippen molar-refractivity contribution in [3.63, 3.8) is 0 Å². The highest BCUT2D eigenvalue weighted by atomic mass is 32.2. The molecule has 0 spiro atoms. The molecule has 0 fully saturated rings. The summed E-state index contributed by atoms with van der Waals surface area (Å²) in [4.78, 5) is 15.7. The van der Waals surface area contributed by atoms with Crippen molar-refractivity contribution in [1.82, 2.24) is 4.98 Å². The molecule has 30 heavy (non-hydrogen) atoms. The normalized spacial score (nSPS) is 16.6. The second-order valence-electron chi connectivity index (χ2n) is 6.66. The number of rotatable bonds is 5. The first-order valence-corrected chi connectivity index (χ1v) is 10.1. The van der Waals surface area contributed by atoms with E-state index in [1.807, 2.05) is 0 Å². The number of pyridine rings is 1. The Bertz CT molecular complexity index is 1160. The van der Waals surface area contributed by atoms with E-state index in [1.165, 1.54) is 30.5 Å². The minimum Gasteiger partial charge on any atom is -0.772 e. The first kappa shape index (κ1) is 20.1. The Morgan fingerprint density at radius 3 is 2.43 bits per heavy atom. The van der Waals surface area contributed by atoms with Gasteiger partial charge in [0.15, 0.2) is 0 Å². The van der Waals surface area contributed by atoms with Crippen molar-refractivity contribution in [1.29, 1.82) is 0 Å². The molecule has 1 aliphatic heterocycles. The van der Waals surface area contributed by atoms with E-state index in [1.54, 1.807) is 24.3 Å². The molecule has 2 atom stereocenters. The van der Waals surface area contributed by atoms with Crippen LogP contribution in [0.5, 0.6) is 5.75 Å². The summed E-state index contributed by atoms with van der Waals surface area (Å²) in [6.07, 6.45) is 1.96. The molecule has 0 N–H and O–H groups in total. The topological polar surface area (TPSA) is 79.3 Å². The number of hydrogen-bond donors (Lipinski definition) is 0. The zero-order valence-electron chi connectivity index (χ0n) is 15.4. The van der Waals surface area contributed by atoms with Crippen molar-refractivity contribution in [2.45, 2.75) is 11.7 Å². The molecule has 0 aliphatic carbocycles. The van der Waals surface area contributed by atoms with Gasteiger partial charge in [-0.2, -0.15) is 4.39 Å². The van der Waals surface area contributed by atoms with Crippen molar-refractivity contribution in [2.75, 3.05) is 0 Å². The first-order valence-electron chi connectivity index (χ1n) is 8.90. The third-order valence-corrected chi connectivity index (χ3v) is 5.32. The van der Waals surface area contributed by atoms with E-state index in [-0.39, 0.29) is 5.75 Å². The SMILES string of the molecule is O=CC1C(c2ccc(F)nc2)=C(c2ccc(CS(=O)[O-])cc2)Oc2ccc(F)cc21. The average Bonchev–Trinajstić information content (AvgIpc) is 2.73. The quantitative estimate of drug-likeness (QED) is 0.350. The van der Waals surface area contributed by atoms with Gasteiger partial charge in [-0.15, -0.1) is 0 Å². The zero-order chi connectivity index (χ0) is 21.3. The van der Waals surface area contributed by atoms with Crippen molar-refractivity contribution < 1.29 is 27.1 Å². The number of aromatic nitrogens is 1. The maximum Gasteiger partial charge on any atom is 0.212 e. The highest BCUT2D eigenvalue weighted by molar-refractivity contribution is 7.78. The second kappa shape index (κ2) is 8.25. The van der Waals surface area contributed by atoms with E-state index >= 15 is 0 Å². The first-order chi connectivity index (χ1) is 14.5. The molecule has 3 aromatic rings. The molecule has 2 heterocycles. The molecule has 0 bridgehead atoms. The number of carbonyl (C=O) groups is 1. The summed E-state index contributed by atoms with van der Waals surface area (Å²) in [7, 11) is 0. The largest absolute Gasteiger partial charge is 0.772 e. The van der Waals surface area contributed by atoms with Crippen LogP contribution >= 0.6 is 0 Å². The van der Waals surface area contributed by atoms with E-state index < -0.39 is 28.8 Å². The van der Waals surface area contributed by atoms with Gasteiger partial charge in [0, 0.05) is 34.2 Å². The van der Waals surface area contributed by atoms with Crippen molar-refractivity contribution in [3.05, 3.63) is 94.8 Å². The van der Waals surface area contributed by atoms with Gasteiger partial charge in [0.1, 0.15) is 23.6 Å². The summed E-state index contributed by atoms with van der Waals surface area (Å²) >= 11 is -2.22. The van der Waals surface area contributed by atoms with E-state index in [0.717, 1.165) is 6.07 Å². The summed E-state index contributed by atoms with van der Waals surface area (Å²) in [6, 6.07) is 13.2. The monoisotopic (exact) mass is 426 g/mol. The predicted molar refractivity (Wildman–Crippen MR) is 106 cm³/mol. The smallest absolute Gasteiger partial charge is 0.212 e. The Morgan fingerprint density at radius 2 is 1.80 bits per heavy atom. The van der Waals surface area contributed by atoms with Crippen LogP contribution in [0.4, 0.5) is 8.78 Å². The van der Waals surface area contributed by atoms with Gasteiger partial charge in [-0.3, -0.25) is 4.21 Å². The molecule has 1 aliphatic rings. The standard InChI is InChI=1S/C22H15F2NO4S/c23-16-6-7-19-17(9-16)18(11-26)21(15-5-8-20(24)25-10-15)22(29-19)14-3-1-13(2-4-14)12-30(27)28/h1-11,18H,12H2,(H,27,28)/p-1. The lowest BCUT2D eigenvalue weighted by Gasteiger charge is -2.28. The van der Waals surface area contributed by atoms with Crippen LogP contribution in [-0.4, -0.2) is 20.0 Å². The van der Waals surface area contributed by atoms with Gasteiger partial charge in [0.25, 0.3) is 0 Å². The predicted octanol–water partition coefficient (Wildman–Crippen LogP) is 3.98. The number of hydrogen-bond acceptors (Lipinski definition) is 5. The van der Waals surface area contributed by atoms with Crippen LogP contribution in [-0.2, 0) is 21.6 Å². The Kier molecular flexibility index (Phi) is 5.52. The van der Waals surface area contributed by atoms with Gasteiger partial charge in [-0.1, -0.05) is 35.3 Å². The zero-order valence-corrected chi connectivity index (χ0v) is 16.2. The summed E-state index contributed by atoms with van der Waals surface area (Å²) in [5.41, 5.74) is 2.38. The van der Waals surface area contributed by atoms with Gasteiger partial charge in [0.2, 0.25) is 5.95 Å². The maximum atomic E-state index is 13.9. The van der Waals surface area contributed by atoms with Crippen LogP contribution in [0.3, 0.4) is 0 Å². The number of ether oxygens (including phenoxy) is 1. The number of halogens is 2. The fourth-order valence-electron chi connectivity index (χ4n) is 3.41. The highest BCUT2D eigenvalue weighted by Gasteiger charge is 2.32. The summed E-state index contributed by atoms with van der Waals surface area (Å²) in [6.45, 7) is 0. The van der Waals surface area contributed by atoms with Crippen molar-refractivity contribution in [2.24, 2.45) is 0 Å². The van der Waals surface area contributed by atoms with Crippen molar-refractivity contribution in [3.8, 4) is 5.75 Å². The Labute approximate surface area is 173 Å². The number of fused-ring (bicyclic) bond motifs is 1. The van der Waals surface area contributed by atoms with Crippen LogP contribution in [0, 0.1) is 11.8 Å². The number of aldehydes is 1. The fourth-order valence-corrected chi connectivity index (χ4v) is 3.87. The lowest BCUT2D eigenvalue weighted by Crippen LogP contribution is -2.16. The minimum atomic E-state index is -2.22. The lowest BCUT2D eigenvalue weighted by atomic mass is 9.83. The molecule has 152 valence electrons. The molecular formula is C22H14F2NO4S-. The molecule has 5 nitrogen and oxygen atoms in total. The molecule has 0 saturated carbocycles. The van der Waals surface area contributed by atoms with Gasteiger partial charge in [-0.05, 0) is 35.9 Å². The number of carbonyl (C=O) groups excluding carboxylic acids is 1. The van der Waals surface area contributed by atoms with Gasteiger partial charge < -0.3 is 14.1 Å². The molecule has 2 aromatic carbocycles. The molecule has 2 unspecified atom stereocenters. The van der Waals surface area contributed by atoms with E-state index in [9.17, 15) is 22.3 Å². The fraction of sp³-hybridized carbons (Fsp3) is 0.0909. The van der Waals surface area contributed by atoms with Gasteiger partial charge in [0.05, 0.1) is 5.92 Å². The van der Waals surface area contributed by atoms with Crippen LogP contribution in [0.2, 0.25) is 0 Å². The van der Waals surface area contributed by atoms with Crippen LogP contribution in [0.1, 0.15) is 28.2 Å². The Balaban J connectivity index is 1.90. The molecule has 0 amide bonds. The van der Waals surface area contributed by atoms with E-state index in [0.29, 0.717) is 45.6 Å². The molecule has 1 aromatic heterocycles. The highest BCUT2D eigenvalue weighted by Crippen LogP contribution is 2.46. The maximum absolute atomic E-state index is 13.9. The van der Waals surface area contributed by atoms with Crippen LogP contribution in [0.15, 0.2) is 60.8 Å². The number of nitrogens with zero attached hydrogens (tertiary/aromatic N) is 1. The molecular weight excluding hydrogens is 412 g/mol. The summed E-state index contributed by atoms with van der Waals surface area (Å²) < 4.78 is 55.1. The van der Waals surface area contributed by atoms with E-state index in [4.69, 9.17) is 4.74 Å². The van der Waals surface area contributed by atoms with E-state index in [2.05, 4.69) is 4.98 Å². The Hall–Kier alpha value is -3.23. The van der Waals surface area contributed by atoms with Crippen LogP contribution < -0.4 is 4.74 Å². The molecule has 4 rings (SSSR count). The van der Waals surface area contributed by atoms with Crippen molar-refractivity contribution >= 4 is 28.7 Å². The third-order valence-electron chi connectivity index (χ3n) is 4.75. The average molecular weight is 426 g/mol. The summed E-state index contributed by atoms with van der Waals surface area (Å²) in [5.74, 6) is -1.53. The number of allylic oxidation sites excluding steroid dienone is 1. The van der Waals surface area contributed by atoms with Gasteiger partial charge in [-0.25, -0.2) is 9.37 Å². The lowest BCUT2D eigenvalue weighted by molar-refractivity contribution is -0.108. The third kappa shape index (κ3) is 3.92. The Morgan fingerprint density at radius 1 is 1.07 bits per heavy atom. The molecule has 0 radical (unpaired) electrons. The summed E-state index contributed by atoms with van der Waals surface area (Å²) in [5, 5.41) is 0.